The summed E-state index contributed by atoms with van der Waals surface area (Å²) in [5.41, 5.74) is 0.640. The van der Waals surface area contributed by atoms with Gasteiger partial charge in [-0.05, 0) is 63.2 Å². The van der Waals surface area contributed by atoms with Crippen LogP contribution < -0.4 is 11.0 Å². The van der Waals surface area contributed by atoms with Crippen molar-refractivity contribution >= 4 is 5.91 Å². The summed E-state index contributed by atoms with van der Waals surface area (Å²) >= 11 is 0. The van der Waals surface area contributed by atoms with Gasteiger partial charge in [-0.1, -0.05) is 18.2 Å². The number of benzene rings is 1. The highest BCUT2D eigenvalue weighted by Crippen LogP contribution is 2.25. The minimum absolute atomic E-state index is 0.182. The molecule has 2 aliphatic rings. The standard InChI is InChI=1S/C21H29N5O2/c27-20(17-5-4-11-22-12-8-17)25-13-9-16(10-14-25)15-19-23-24-21(28)26(19)18-6-2-1-3-7-18/h1-3,6-7,16-17,22H,4-5,8-15H2,(H,24,28)/t17-/m0/s1. The summed E-state index contributed by atoms with van der Waals surface area (Å²) in [7, 11) is 0. The average molecular weight is 383 g/mol. The second-order valence-corrected chi connectivity index (χ2v) is 7.97. The molecule has 1 aromatic heterocycles. The molecule has 2 aromatic rings. The zero-order chi connectivity index (χ0) is 19.3. The summed E-state index contributed by atoms with van der Waals surface area (Å²) < 4.78 is 1.66. The van der Waals surface area contributed by atoms with E-state index in [0.29, 0.717) is 11.8 Å². The Hall–Kier alpha value is -2.41. The average Bonchev–Trinajstić information content (AvgIpc) is 2.93. The Kier molecular flexibility index (Phi) is 5.90. The summed E-state index contributed by atoms with van der Waals surface area (Å²) in [5.74, 6) is 1.73. The van der Waals surface area contributed by atoms with E-state index in [1.54, 1.807) is 4.57 Å². The number of nitrogens with one attached hydrogen (secondary N) is 2. The van der Waals surface area contributed by atoms with Crippen LogP contribution in [0.25, 0.3) is 5.69 Å². The largest absolute Gasteiger partial charge is 0.347 e. The third-order valence-electron chi connectivity index (χ3n) is 6.08. The maximum atomic E-state index is 12.8. The van der Waals surface area contributed by atoms with E-state index in [1.807, 2.05) is 30.3 Å². The third-order valence-corrected chi connectivity index (χ3v) is 6.08. The molecule has 0 bridgehead atoms. The maximum Gasteiger partial charge on any atom is 0.347 e. The number of hydrogen-bond acceptors (Lipinski definition) is 4. The zero-order valence-corrected chi connectivity index (χ0v) is 16.3. The lowest BCUT2D eigenvalue weighted by molar-refractivity contribution is -0.137. The molecule has 2 fully saturated rings. The topological polar surface area (TPSA) is 83.0 Å². The van der Waals surface area contributed by atoms with E-state index in [1.165, 1.54) is 0 Å². The number of rotatable bonds is 4. The molecule has 28 heavy (non-hydrogen) atoms. The molecule has 2 N–H and O–H groups in total. The van der Waals surface area contributed by atoms with Crippen molar-refractivity contribution in [3.05, 3.63) is 46.6 Å². The van der Waals surface area contributed by atoms with Crippen LogP contribution in [-0.2, 0) is 11.2 Å². The van der Waals surface area contributed by atoms with Crippen molar-refractivity contribution in [1.82, 2.24) is 25.0 Å². The second-order valence-electron chi connectivity index (χ2n) is 7.97. The van der Waals surface area contributed by atoms with Gasteiger partial charge in [0.25, 0.3) is 0 Å². The first kappa shape index (κ1) is 18.9. The van der Waals surface area contributed by atoms with Gasteiger partial charge in [0.1, 0.15) is 5.82 Å². The van der Waals surface area contributed by atoms with Gasteiger partial charge in [-0.15, -0.1) is 0 Å². The van der Waals surface area contributed by atoms with Gasteiger partial charge in [-0.2, -0.15) is 5.10 Å². The number of aromatic nitrogens is 3. The molecule has 7 heteroatoms. The van der Waals surface area contributed by atoms with E-state index in [-0.39, 0.29) is 11.6 Å². The minimum atomic E-state index is -0.198. The van der Waals surface area contributed by atoms with Crippen molar-refractivity contribution in [3.63, 3.8) is 0 Å². The van der Waals surface area contributed by atoms with Crippen molar-refractivity contribution in [3.8, 4) is 5.69 Å². The fourth-order valence-corrected chi connectivity index (χ4v) is 4.45. The number of amides is 1. The lowest BCUT2D eigenvalue weighted by Crippen LogP contribution is -2.42. The third kappa shape index (κ3) is 4.19. The number of aromatic amines is 1. The van der Waals surface area contributed by atoms with Gasteiger partial charge >= 0.3 is 5.69 Å². The van der Waals surface area contributed by atoms with Crippen LogP contribution in [-0.4, -0.2) is 51.8 Å². The smallest absolute Gasteiger partial charge is 0.342 e. The molecular formula is C21H29N5O2. The van der Waals surface area contributed by atoms with Crippen molar-refractivity contribution in [2.24, 2.45) is 11.8 Å². The Morgan fingerprint density at radius 2 is 1.86 bits per heavy atom. The van der Waals surface area contributed by atoms with E-state index < -0.39 is 0 Å². The Bertz CT molecular complexity index is 828. The van der Waals surface area contributed by atoms with Crippen LogP contribution in [0.4, 0.5) is 0 Å². The van der Waals surface area contributed by atoms with Crippen LogP contribution in [0.15, 0.2) is 35.1 Å². The second kappa shape index (κ2) is 8.73. The van der Waals surface area contributed by atoms with Crippen molar-refractivity contribution < 1.29 is 4.79 Å². The highest BCUT2D eigenvalue weighted by Gasteiger charge is 2.29. The minimum Gasteiger partial charge on any atom is -0.342 e. The predicted molar refractivity (Wildman–Crippen MR) is 107 cm³/mol. The van der Waals surface area contributed by atoms with Crippen LogP contribution in [0.5, 0.6) is 0 Å². The number of hydrogen-bond donors (Lipinski definition) is 2. The van der Waals surface area contributed by atoms with Gasteiger partial charge in [-0.25, -0.2) is 14.5 Å². The van der Waals surface area contributed by atoms with E-state index >= 15 is 0 Å². The summed E-state index contributed by atoms with van der Waals surface area (Å²) in [6.07, 6.45) is 5.73. The molecule has 150 valence electrons. The molecular weight excluding hydrogens is 354 g/mol. The molecule has 4 rings (SSSR count). The van der Waals surface area contributed by atoms with Gasteiger partial charge in [-0.3, -0.25) is 4.79 Å². The SMILES string of the molecule is O=C([C@H]1CCCNCC1)N1CCC(Cc2n[nH]c(=O)n2-c2ccccc2)CC1. The molecule has 0 radical (unpaired) electrons. The highest BCUT2D eigenvalue weighted by atomic mass is 16.2. The normalized spacial score (nSPS) is 21.4. The molecule has 2 aliphatic heterocycles. The van der Waals surface area contributed by atoms with Gasteiger partial charge in [0.05, 0.1) is 5.69 Å². The molecule has 0 unspecified atom stereocenters. The van der Waals surface area contributed by atoms with E-state index in [0.717, 1.165) is 76.2 Å². The van der Waals surface area contributed by atoms with E-state index in [9.17, 15) is 9.59 Å². The van der Waals surface area contributed by atoms with Crippen molar-refractivity contribution in [2.45, 2.75) is 38.5 Å². The van der Waals surface area contributed by atoms with E-state index in [2.05, 4.69) is 20.4 Å². The fraction of sp³-hybridized carbons (Fsp3) is 0.571. The zero-order valence-electron chi connectivity index (χ0n) is 16.3. The molecule has 1 amide bonds. The number of nitrogens with zero attached hydrogens (tertiary/aromatic N) is 3. The Morgan fingerprint density at radius 1 is 1.07 bits per heavy atom. The quantitative estimate of drug-likeness (QED) is 0.842. The molecule has 0 saturated carbocycles. The summed E-state index contributed by atoms with van der Waals surface area (Å²) in [6.45, 7) is 3.60. The van der Waals surface area contributed by atoms with Gasteiger partial charge in [0, 0.05) is 25.4 Å². The fourth-order valence-electron chi connectivity index (χ4n) is 4.45. The van der Waals surface area contributed by atoms with Gasteiger partial charge in [0.15, 0.2) is 0 Å². The molecule has 1 aromatic carbocycles. The van der Waals surface area contributed by atoms with Crippen LogP contribution in [0.3, 0.4) is 0 Å². The lowest BCUT2D eigenvalue weighted by atomic mass is 9.91. The monoisotopic (exact) mass is 383 g/mol. The number of H-pyrrole nitrogens is 1. The molecule has 2 saturated heterocycles. The van der Waals surface area contributed by atoms with Gasteiger partial charge < -0.3 is 10.2 Å². The number of carbonyl (C=O) groups excluding carboxylic acids is 1. The first-order valence-electron chi connectivity index (χ1n) is 10.4. The van der Waals surface area contributed by atoms with Crippen LogP contribution >= 0.6 is 0 Å². The molecule has 0 aliphatic carbocycles. The molecule has 7 nitrogen and oxygen atoms in total. The van der Waals surface area contributed by atoms with Crippen molar-refractivity contribution in [1.29, 1.82) is 0 Å². The summed E-state index contributed by atoms with van der Waals surface area (Å²) in [4.78, 5) is 27.1. The first-order chi connectivity index (χ1) is 13.7. The number of piperidine rings is 1. The van der Waals surface area contributed by atoms with Crippen molar-refractivity contribution in [2.75, 3.05) is 26.2 Å². The van der Waals surface area contributed by atoms with Crippen LogP contribution in [0.2, 0.25) is 0 Å². The number of likely N-dealkylation sites (tertiary alicyclic amines) is 1. The Balaban J connectivity index is 1.36. The number of para-hydroxylation sites is 1. The van der Waals surface area contributed by atoms with Crippen LogP contribution in [0, 0.1) is 11.8 Å². The van der Waals surface area contributed by atoms with E-state index in [4.69, 9.17) is 0 Å². The predicted octanol–water partition coefficient (Wildman–Crippen LogP) is 1.73. The lowest BCUT2D eigenvalue weighted by Gasteiger charge is -2.34. The summed E-state index contributed by atoms with van der Waals surface area (Å²) in [6, 6.07) is 9.62. The number of carbonyl (C=O) groups is 1. The molecule has 0 spiro atoms. The van der Waals surface area contributed by atoms with Gasteiger partial charge in [0.2, 0.25) is 5.91 Å². The molecule has 3 heterocycles. The maximum absolute atomic E-state index is 12.8. The highest BCUT2D eigenvalue weighted by molar-refractivity contribution is 5.79. The first-order valence-corrected chi connectivity index (χ1v) is 10.4. The Morgan fingerprint density at radius 3 is 2.64 bits per heavy atom. The Labute approximate surface area is 165 Å². The summed E-state index contributed by atoms with van der Waals surface area (Å²) in [5, 5.41) is 10.2. The molecule has 1 atom stereocenters. The van der Waals surface area contributed by atoms with Crippen LogP contribution in [0.1, 0.15) is 37.9 Å².